The van der Waals surface area contributed by atoms with Crippen LogP contribution in [-0.2, 0) is 6.54 Å². The average molecular weight is 428 g/mol. The number of aromatic nitrogens is 2. The van der Waals surface area contributed by atoms with Crippen molar-refractivity contribution in [1.82, 2.24) is 15.5 Å². The maximum Gasteiger partial charge on any atom is 0.272 e. The number of aliphatic hydroxyl groups is 1. The normalized spacial score (nSPS) is 11.6. The zero-order valence-electron chi connectivity index (χ0n) is 16.8. The van der Waals surface area contributed by atoms with Gasteiger partial charge in [-0.2, -0.15) is 0 Å². The van der Waals surface area contributed by atoms with Crippen molar-refractivity contribution in [2.45, 2.75) is 19.0 Å². The van der Waals surface area contributed by atoms with Gasteiger partial charge in [0.1, 0.15) is 23.2 Å². The summed E-state index contributed by atoms with van der Waals surface area (Å²) in [6.07, 6.45) is 0.445. The Hall–Kier alpha value is -3.59. The van der Waals surface area contributed by atoms with Crippen molar-refractivity contribution in [3.05, 3.63) is 83.1 Å². The summed E-state index contributed by atoms with van der Waals surface area (Å²) in [5, 5.41) is 23.0. The molecular formula is C22H22F2N4O3. The minimum absolute atomic E-state index is 0.0295. The molecule has 1 unspecified atom stereocenters. The maximum absolute atomic E-state index is 13.2. The standard InChI is InChI=1S/C22H22F2N4O3/c1-31-18-4-2-15(3-5-18)19(8-9-29)26-21-7-6-20(27-28-21)22(30)25-13-14-10-16(23)12-17(24)11-14/h2-7,10-12,19,29H,8-9,13H2,1H3,(H,25,30)(H,26,28). The number of rotatable bonds is 9. The van der Waals surface area contributed by atoms with Crippen LogP contribution in [0.2, 0.25) is 0 Å². The fourth-order valence-electron chi connectivity index (χ4n) is 2.98. The molecule has 31 heavy (non-hydrogen) atoms. The van der Waals surface area contributed by atoms with Crippen molar-refractivity contribution in [3.8, 4) is 5.75 Å². The molecule has 1 heterocycles. The van der Waals surface area contributed by atoms with E-state index in [2.05, 4.69) is 20.8 Å². The number of nitrogens with one attached hydrogen (secondary N) is 2. The SMILES string of the molecule is COc1ccc(C(CCO)Nc2ccc(C(=O)NCc3cc(F)cc(F)c3)nn2)cc1. The second-order valence-corrected chi connectivity index (χ2v) is 6.75. The number of amides is 1. The van der Waals surface area contributed by atoms with Crippen molar-refractivity contribution < 1.29 is 23.4 Å². The highest BCUT2D eigenvalue weighted by Crippen LogP contribution is 2.23. The van der Waals surface area contributed by atoms with Gasteiger partial charge < -0.3 is 20.5 Å². The van der Waals surface area contributed by atoms with Crippen molar-refractivity contribution >= 4 is 11.7 Å². The van der Waals surface area contributed by atoms with E-state index < -0.39 is 17.5 Å². The number of anilines is 1. The summed E-state index contributed by atoms with van der Waals surface area (Å²) < 4.78 is 31.6. The first kappa shape index (κ1) is 22.1. The smallest absolute Gasteiger partial charge is 0.272 e. The van der Waals surface area contributed by atoms with Gasteiger partial charge in [-0.3, -0.25) is 4.79 Å². The van der Waals surface area contributed by atoms with Gasteiger partial charge in [-0.15, -0.1) is 10.2 Å². The lowest BCUT2D eigenvalue weighted by molar-refractivity contribution is 0.0945. The van der Waals surface area contributed by atoms with Crippen molar-refractivity contribution in [1.29, 1.82) is 0 Å². The third kappa shape index (κ3) is 6.19. The predicted octanol–water partition coefficient (Wildman–Crippen LogP) is 3.23. The molecule has 3 N–H and O–H groups in total. The first-order valence-electron chi connectivity index (χ1n) is 9.56. The van der Waals surface area contributed by atoms with E-state index in [9.17, 15) is 18.7 Å². The van der Waals surface area contributed by atoms with Gasteiger partial charge >= 0.3 is 0 Å². The summed E-state index contributed by atoms with van der Waals surface area (Å²) in [6, 6.07) is 13.3. The number of hydrogen-bond acceptors (Lipinski definition) is 6. The van der Waals surface area contributed by atoms with Crippen LogP contribution in [0, 0.1) is 11.6 Å². The molecule has 1 aromatic heterocycles. The zero-order chi connectivity index (χ0) is 22.2. The average Bonchev–Trinajstić information content (AvgIpc) is 2.77. The lowest BCUT2D eigenvalue weighted by Gasteiger charge is -2.19. The number of nitrogens with zero attached hydrogens (tertiary/aromatic N) is 2. The highest BCUT2D eigenvalue weighted by molar-refractivity contribution is 5.92. The molecule has 2 aromatic carbocycles. The molecule has 1 amide bonds. The Kier molecular flexibility index (Phi) is 7.45. The fraction of sp³-hybridized carbons (Fsp3) is 0.227. The van der Waals surface area contributed by atoms with Crippen LogP contribution in [0.25, 0.3) is 0 Å². The van der Waals surface area contributed by atoms with Crippen molar-refractivity contribution in [3.63, 3.8) is 0 Å². The topological polar surface area (TPSA) is 96.4 Å². The van der Waals surface area contributed by atoms with Crippen LogP contribution in [-0.4, -0.2) is 34.9 Å². The molecule has 7 nitrogen and oxygen atoms in total. The van der Waals surface area contributed by atoms with Gasteiger partial charge in [0.05, 0.1) is 13.2 Å². The third-order valence-electron chi connectivity index (χ3n) is 4.53. The first-order chi connectivity index (χ1) is 15.0. The molecule has 1 atom stereocenters. The van der Waals surface area contributed by atoms with E-state index in [4.69, 9.17) is 4.74 Å². The number of aliphatic hydroxyl groups excluding tert-OH is 1. The maximum atomic E-state index is 13.2. The summed E-state index contributed by atoms with van der Waals surface area (Å²) >= 11 is 0. The van der Waals surface area contributed by atoms with E-state index in [0.717, 1.165) is 29.5 Å². The summed E-state index contributed by atoms with van der Waals surface area (Å²) in [7, 11) is 1.59. The molecule has 3 rings (SSSR count). The largest absolute Gasteiger partial charge is 0.497 e. The Bertz CT molecular complexity index is 994. The van der Waals surface area contributed by atoms with E-state index in [-0.39, 0.29) is 24.9 Å². The molecule has 0 saturated carbocycles. The van der Waals surface area contributed by atoms with Crippen molar-refractivity contribution in [2.24, 2.45) is 0 Å². The van der Waals surface area contributed by atoms with Gasteiger partial charge in [-0.05, 0) is 53.9 Å². The second kappa shape index (κ2) is 10.4. The quantitative estimate of drug-likeness (QED) is 0.484. The van der Waals surface area contributed by atoms with Crippen LogP contribution in [0.3, 0.4) is 0 Å². The Morgan fingerprint density at radius 3 is 2.35 bits per heavy atom. The Morgan fingerprint density at radius 1 is 1.06 bits per heavy atom. The molecule has 0 bridgehead atoms. The molecule has 0 fully saturated rings. The highest BCUT2D eigenvalue weighted by atomic mass is 19.1. The van der Waals surface area contributed by atoms with Gasteiger partial charge in [0.25, 0.3) is 5.91 Å². The summed E-state index contributed by atoms with van der Waals surface area (Å²) in [4.78, 5) is 12.2. The van der Waals surface area contributed by atoms with Gasteiger partial charge in [0.15, 0.2) is 5.69 Å². The Morgan fingerprint density at radius 2 is 1.77 bits per heavy atom. The molecule has 0 spiro atoms. The Labute approximate surface area is 178 Å². The van der Waals surface area contributed by atoms with Crippen LogP contribution < -0.4 is 15.4 Å². The van der Waals surface area contributed by atoms with Crippen LogP contribution >= 0.6 is 0 Å². The molecule has 0 aliphatic carbocycles. The van der Waals surface area contributed by atoms with Crippen LogP contribution in [0.5, 0.6) is 5.75 Å². The molecule has 0 aliphatic heterocycles. The third-order valence-corrected chi connectivity index (χ3v) is 4.53. The number of carbonyl (C=O) groups is 1. The summed E-state index contributed by atoms with van der Waals surface area (Å²) in [5.74, 6) is -0.797. The Balaban J connectivity index is 1.62. The van der Waals surface area contributed by atoms with Gasteiger partial charge in [0.2, 0.25) is 0 Å². The molecule has 0 aliphatic rings. The minimum Gasteiger partial charge on any atom is -0.497 e. The predicted molar refractivity (Wildman–Crippen MR) is 111 cm³/mol. The van der Waals surface area contributed by atoms with Gasteiger partial charge in [-0.1, -0.05) is 12.1 Å². The second-order valence-electron chi connectivity index (χ2n) is 6.75. The van der Waals surface area contributed by atoms with E-state index in [1.165, 1.54) is 6.07 Å². The zero-order valence-corrected chi connectivity index (χ0v) is 16.8. The number of carbonyl (C=O) groups excluding carboxylic acids is 1. The lowest BCUT2D eigenvalue weighted by Crippen LogP contribution is -2.24. The number of benzene rings is 2. The molecule has 0 radical (unpaired) electrons. The number of hydrogen-bond donors (Lipinski definition) is 3. The van der Waals surface area contributed by atoms with Crippen molar-refractivity contribution in [2.75, 3.05) is 19.0 Å². The van der Waals surface area contributed by atoms with Crippen LogP contribution in [0.4, 0.5) is 14.6 Å². The van der Waals surface area contributed by atoms with Crippen LogP contribution in [0.15, 0.2) is 54.6 Å². The monoisotopic (exact) mass is 428 g/mol. The summed E-state index contributed by atoms with van der Waals surface area (Å²) in [5.41, 5.74) is 1.29. The number of ether oxygens (including phenoxy) is 1. The molecule has 3 aromatic rings. The summed E-state index contributed by atoms with van der Waals surface area (Å²) in [6.45, 7) is -0.0798. The van der Waals surface area contributed by atoms with E-state index in [1.807, 2.05) is 24.3 Å². The van der Waals surface area contributed by atoms with E-state index in [1.54, 1.807) is 13.2 Å². The highest BCUT2D eigenvalue weighted by Gasteiger charge is 2.14. The van der Waals surface area contributed by atoms with E-state index in [0.29, 0.717) is 17.8 Å². The van der Waals surface area contributed by atoms with Gasteiger partial charge in [-0.25, -0.2) is 8.78 Å². The lowest BCUT2D eigenvalue weighted by atomic mass is 10.0. The number of halogens is 2. The number of methoxy groups -OCH3 is 1. The minimum atomic E-state index is -0.714. The van der Waals surface area contributed by atoms with E-state index >= 15 is 0 Å². The molecule has 9 heteroatoms. The molecule has 162 valence electrons. The van der Waals surface area contributed by atoms with Crippen LogP contribution in [0.1, 0.15) is 34.1 Å². The molecular weight excluding hydrogens is 406 g/mol. The fourth-order valence-corrected chi connectivity index (χ4v) is 2.98. The molecule has 0 saturated heterocycles. The van der Waals surface area contributed by atoms with Gasteiger partial charge in [0, 0.05) is 19.2 Å². The first-order valence-corrected chi connectivity index (χ1v) is 9.56.